The van der Waals surface area contributed by atoms with Gasteiger partial charge in [-0.1, -0.05) is 6.07 Å². The van der Waals surface area contributed by atoms with Crippen molar-refractivity contribution in [3.05, 3.63) is 53.1 Å². The Labute approximate surface area is 131 Å². The summed E-state index contributed by atoms with van der Waals surface area (Å²) in [4.78, 5) is 14.5. The lowest BCUT2D eigenvalue weighted by Crippen LogP contribution is -2.18. The number of hydrogen-bond donors (Lipinski definition) is 2. The van der Waals surface area contributed by atoms with Gasteiger partial charge < -0.3 is 5.11 Å². The second kappa shape index (κ2) is 6.02. The third-order valence-electron chi connectivity index (χ3n) is 2.97. The number of pyridine rings is 1. The number of hydrogen-bond acceptors (Lipinski definition) is 5. The highest BCUT2D eigenvalue weighted by Crippen LogP contribution is 2.26. The number of nitrogens with zero attached hydrogens (tertiary/aromatic N) is 2. The van der Waals surface area contributed by atoms with Gasteiger partial charge in [-0.25, -0.2) is 17.6 Å². The fourth-order valence-corrected chi connectivity index (χ4v) is 2.94. The minimum atomic E-state index is -4.31. The van der Waals surface area contributed by atoms with Crippen LogP contribution in [0, 0.1) is 24.1 Å². The van der Waals surface area contributed by atoms with E-state index in [1.165, 1.54) is 13.0 Å². The van der Waals surface area contributed by atoms with Gasteiger partial charge in [0.25, 0.3) is 10.0 Å². The first-order valence-corrected chi connectivity index (χ1v) is 7.65. The number of carboxylic acid groups (broad SMARTS) is 1. The van der Waals surface area contributed by atoms with Crippen LogP contribution in [-0.4, -0.2) is 24.5 Å². The smallest absolute Gasteiger partial charge is 0.338 e. The van der Waals surface area contributed by atoms with Crippen molar-refractivity contribution < 1.29 is 22.7 Å². The fraction of sp³-hybridized carbons (Fsp3) is 0.0714. The van der Waals surface area contributed by atoms with Gasteiger partial charge in [0.05, 0.1) is 16.8 Å². The molecule has 2 N–H and O–H groups in total. The molecule has 2 rings (SSSR count). The Hall–Kier alpha value is -2.99. The molecule has 0 aliphatic carbocycles. The third kappa shape index (κ3) is 3.27. The lowest BCUT2D eigenvalue weighted by atomic mass is 10.1. The summed E-state index contributed by atoms with van der Waals surface area (Å²) in [6.07, 6.45) is 2.13. The predicted octanol–water partition coefficient (Wildman–Crippen LogP) is 1.90. The number of sulfonamides is 1. The molecule has 1 aromatic heterocycles. The number of aromatic carboxylic acids is 1. The van der Waals surface area contributed by atoms with Crippen LogP contribution in [0.1, 0.15) is 21.5 Å². The first kappa shape index (κ1) is 16.4. The van der Waals surface area contributed by atoms with E-state index >= 15 is 0 Å². The Morgan fingerprint density at radius 1 is 1.39 bits per heavy atom. The van der Waals surface area contributed by atoms with Gasteiger partial charge in [-0.2, -0.15) is 5.26 Å². The molecule has 0 aliphatic rings. The van der Waals surface area contributed by atoms with Gasteiger partial charge in [0, 0.05) is 12.4 Å². The van der Waals surface area contributed by atoms with E-state index in [1.54, 1.807) is 6.07 Å². The second-order valence-corrected chi connectivity index (χ2v) is 6.23. The Morgan fingerprint density at radius 3 is 2.70 bits per heavy atom. The van der Waals surface area contributed by atoms with E-state index in [0.29, 0.717) is 0 Å². The third-order valence-corrected chi connectivity index (χ3v) is 4.28. The van der Waals surface area contributed by atoms with E-state index in [9.17, 15) is 17.6 Å². The van der Waals surface area contributed by atoms with Crippen LogP contribution in [0.15, 0.2) is 35.5 Å². The van der Waals surface area contributed by atoms with E-state index in [4.69, 9.17) is 10.4 Å². The van der Waals surface area contributed by atoms with Crippen molar-refractivity contribution in [3.8, 4) is 6.07 Å². The quantitative estimate of drug-likeness (QED) is 0.880. The van der Waals surface area contributed by atoms with Crippen molar-refractivity contribution in [3.63, 3.8) is 0 Å². The zero-order valence-electron chi connectivity index (χ0n) is 11.7. The zero-order chi connectivity index (χ0) is 17.2. The first-order chi connectivity index (χ1) is 10.8. The highest BCUT2D eigenvalue weighted by Gasteiger charge is 2.23. The average Bonchev–Trinajstić information content (AvgIpc) is 2.50. The highest BCUT2D eigenvalue weighted by atomic mass is 32.2. The topological polar surface area (TPSA) is 120 Å². The van der Waals surface area contributed by atoms with Gasteiger partial charge in [0.1, 0.15) is 16.8 Å². The van der Waals surface area contributed by atoms with Gasteiger partial charge in [-0.15, -0.1) is 0 Å². The number of aryl methyl sites for hydroxylation is 1. The second-order valence-electron chi connectivity index (χ2n) is 4.55. The monoisotopic (exact) mass is 335 g/mol. The molecule has 0 atom stereocenters. The molecule has 0 amide bonds. The van der Waals surface area contributed by atoms with Crippen molar-refractivity contribution in [1.82, 2.24) is 4.98 Å². The summed E-state index contributed by atoms with van der Waals surface area (Å²) in [5, 5.41) is 17.9. The molecule has 23 heavy (non-hydrogen) atoms. The maximum Gasteiger partial charge on any atom is 0.338 e. The number of aromatic nitrogens is 1. The van der Waals surface area contributed by atoms with Crippen LogP contribution in [0.2, 0.25) is 0 Å². The fourth-order valence-electron chi connectivity index (χ4n) is 1.88. The van der Waals surface area contributed by atoms with E-state index in [2.05, 4.69) is 4.98 Å². The molecule has 0 bridgehead atoms. The number of carbonyl (C=O) groups is 1. The molecule has 118 valence electrons. The van der Waals surface area contributed by atoms with Crippen LogP contribution in [0.3, 0.4) is 0 Å². The maximum absolute atomic E-state index is 13.9. The molecule has 0 saturated heterocycles. The molecule has 0 aliphatic heterocycles. The molecular formula is C14H10FN3O4S. The molecule has 0 fully saturated rings. The molecule has 1 heterocycles. The van der Waals surface area contributed by atoms with E-state index in [-0.39, 0.29) is 16.0 Å². The van der Waals surface area contributed by atoms with Crippen LogP contribution in [-0.2, 0) is 10.0 Å². The molecule has 2 aromatic rings. The molecule has 1 aromatic carbocycles. The van der Waals surface area contributed by atoms with Crippen molar-refractivity contribution in [2.45, 2.75) is 11.8 Å². The van der Waals surface area contributed by atoms with Crippen LogP contribution in [0.25, 0.3) is 0 Å². The van der Waals surface area contributed by atoms with Gasteiger partial charge in [0.2, 0.25) is 0 Å². The molecule has 0 unspecified atom stereocenters. The summed E-state index contributed by atoms with van der Waals surface area (Å²) < 4.78 is 40.4. The van der Waals surface area contributed by atoms with Crippen LogP contribution in [0.4, 0.5) is 10.1 Å². The van der Waals surface area contributed by atoms with Gasteiger partial charge in [0.15, 0.2) is 0 Å². The van der Waals surface area contributed by atoms with Crippen molar-refractivity contribution in [2.24, 2.45) is 0 Å². The average molecular weight is 335 g/mol. The van der Waals surface area contributed by atoms with Crippen LogP contribution >= 0.6 is 0 Å². The Bertz CT molecular complexity index is 936. The van der Waals surface area contributed by atoms with Crippen LogP contribution < -0.4 is 4.72 Å². The number of benzene rings is 1. The SMILES string of the molecule is Cc1ccc(F)c(NS(=O)(=O)c2cncc(C#N)c2)c1C(=O)O. The molecular weight excluding hydrogens is 325 g/mol. The summed E-state index contributed by atoms with van der Waals surface area (Å²) >= 11 is 0. The lowest BCUT2D eigenvalue weighted by Gasteiger charge is -2.13. The van der Waals surface area contributed by atoms with E-state index in [0.717, 1.165) is 24.5 Å². The summed E-state index contributed by atoms with van der Waals surface area (Å²) in [6.45, 7) is 1.42. The summed E-state index contributed by atoms with van der Waals surface area (Å²) in [6, 6.07) is 4.97. The Kier molecular flexibility index (Phi) is 4.29. The predicted molar refractivity (Wildman–Crippen MR) is 77.9 cm³/mol. The Balaban J connectivity index is 2.56. The van der Waals surface area contributed by atoms with Crippen molar-refractivity contribution in [1.29, 1.82) is 5.26 Å². The van der Waals surface area contributed by atoms with E-state index in [1.807, 2.05) is 4.72 Å². The number of anilines is 1. The minimum absolute atomic E-state index is 0.00366. The minimum Gasteiger partial charge on any atom is -0.478 e. The number of rotatable bonds is 4. The molecule has 9 heteroatoms. The van der Waals surface area contributed by atoms with Crippen molar-refractivity contribution in [2.75, 3.05) is 4.72 Å². The Morgan fingerprint density at radius 2 is 2.09 bits per heavy atom. The molecule has 7 nitrogen and oxygen atoms in total. The number of carboxylic acids is 1. The maximum atomic E-state index is 13.9. The zero-order valence-corrected chi connectivity index (χ0v) is 12.6. The van der Waals surface area contributed by atoms with E-state index < -0.39 is 33.1 Å². The summed E-state index contributed by atoms with van der Waals surface area (Å²) in [5.74, 6) is -2.50. The van der Waals surface area contributed by atoms with Crippen LogP contribution in [0.5, 0.6) is 0 Å². The van der Waals surface area contributed by atoms with Gasteiger partial charge in [-0.05, 0) is 24.6 Å². The van der Waals surface area contributed by atoms with Crippen molar-refractivity contribution >= 4 is 21.7 Å². The first-order valence-electron chi connectivity index (χ1n) is 6.16. The summed E-state index contributed by atoms with van der Waals surface area (Å²) in [7, 11) is -4.31. The number of nitrogens with one attached hydrogen (secondary N) is 1. The summed E-state index contributed by atoms with van der Waals surface area (Å²) in [5.41, 5.74) is -0.964. The lowest BCUT2D eigenvalue weighted by molar-refractivity contribution is 0.0697. The number of nitriles is 1. The standard InChI is InChI=1S/C14H10FN3O4S/c1-8-2-3-11(15)13(12(8)14(19)20)18-23(21,22)10-4-9(5-16)6-17-7-10/h2-4,6-7,18H,1H3,(H,19,20). The highest BCUT2D eigenvalue weighted by molar-refractivity contribution is 7.92. The molecule has 0 spiro atoms. The number of halogens is 1. The molecule has 0 radical (unpaired) electrons. The normalized spacial score (nSPS) is 10.8. The van der Waals surface area contributed by atoms with Gasteiger partial charge in [-0.3, -0.25) is 9.71 Å². The molecule has 0 saturated carbocycles. The van der Waals surface area contributed by atoms with Gasteiger partial charge >= 0.3 is 5.97 Å². The largest absolute Gasteiger partial charge is 0.478 e.